The largest absolute Gasteiger partial charge is 0.315 e. The molecular weight excluding hydrogens is 181 g/mol. The van der Waals surface area contributed by atoms with Crippen molar-refractivity contribution in [3.63, 3.8) is 0 Å². The van der Waals surface area contributed by atoms with Crippen LogP contribution in [0.5, 0.6) is 0 Å². The Morgan fingerprint density at radius 2 is 2.07 bits per heavy atom. The highest BCUT2D eigenvalue weighted by Gasteiger charge is 2.21. The average molecular weight is 193 g/mol. The molecule has 3 heteroatoms. The molecule has 1 aromatic rings. The van der Waals surface area contributed by atoms with E-state index in [-0.39, 0.29) is 11.7 Å². The Morgan fingerprint density at radius 3 is 2.79 bits per heavy atom. The summed E-state index contributed by atoms with van der Waals surface area (Å²) in [5.74, 6) is -0.0880. The number of hydrogen-bond acceptors (Lipinski definition) is 1. The maximum Gasteiger partial charge on any atom is 0.227 e. The molecule has 1 heterocycles. The maximum absolute atomic E-state index is 13.2. The summed E-state index contributed by atoms with van der Waals surface area (Å²) in [6, 6.07) is 3.27. The number of rotatable bonds is 0. The summed E-state index contributed by atoms with van der Waals surface area (Å²) in [5, 5.41) is 0. The van der Waals surface area contributed by atoms with Gasteiger partial charge in [0, 0.05) is 19.2 Å². The molecule has 1 aliphatic rings. The van der Waals surface area contributed by atoms with Gasteiger partial charge in [-0.2, -0.15) is 0 Å². The van der Waals surface area contributed by atoms with E-state index in [1.807, 2.05) is 0 Å². The van der Waals surface area contributed by atoms with E-state index in [0.717, 1.165) is 11.3 Å². The normalized spacial score (nSPS) is 15.6. The molecular formula is C11H12FNO. The molecule has 0 saturated carbocycles. The second-order valence-corrected chi connectivity index (χ2v) is 3.68. The molecule has 0 aromatic heterocycles. The monoisotopic (exact) mass is 193 g/mol. The predicted molar refractivity (Wildman–Crippen MR) is 52.9 cm³/mol. The molecule has 0 bridgehead atoms. The zero-order valence-corrected chi connectivity index (χ0v) is 8.30. The van der Waals surface area contributed by atoms with Crippen LogP contribution in [0.25, 0.3) is 0 Å². The van der Waals surface area contributed by atoms with Gasteiger partial charge in [-0.05, 0) is 36.6 Å². The van der Waals surface area contributed by atoms with Crippen LogP contribution in [0.3, 0.4) is 0 Å². The number of nitrogens with zero attached hydrogens (tertiary/aromatic N) is 1. The minimum Gasteiger partial charge on any atom is -0.315 e. The maximum atomic E-state index is 13.2. The van der Waals surface area contributed by atoms with E-state index in [4.69, 9.17) is 0 Å². The minimum atomic E-state index is -0.188. The van der Waals surface area contributed by atoms with Crippen molar-refractivity contribution in [2.45, 2.75) is 19.8 Å². The van der Waals surface area contributed by atoms with Crippen molar-refractivity contribution < 1.29 is 9.18 Å². The predicted octanol–water partition coefficient (Wildman–Crippen LogP) is 2.04. The third kappa shape index (κ3) is 1.29. The summed E-state index contributed by atoms with van der Waals surface area (Å²) in [5.41, 5.74) is 2.36. The van der Waals surface area contributed by atoms with Gasteiger partial charge in [0.25, 0.3) is 0 Å². The number of hydrogen-bond donors (Lipinski definition) is 0. The van der Waals surface area contributed by atoms with E-state index in [9.17, 15) is 9.18 Å². The van der Waals surface area contributed by atoms with Crippen LogP contribution in [0, 0.1) is 12.7 Å². The molecule has 0 fully saturated rings. The molecule has 2 rings (SSSR count). The molecule has 0 spiro atoms. The van der Waals surface area contributed by atoms with Crippen LogP contribution < -0.4 is 4.90 Å². The Hall–Kier alpha value is -1.38. The van der Waals surface area contributed by atoms with Crippen LogP contribution in [-0.2, 0) is 11.2 Å². The van der Waals surface area contributed by atoms with Crippen LogP contribution in [-0.4, -0.2) is 13.0 Å². The highest BCUT2D eigenvalue weighted by Crippen LogP contribution is 2.28. The van der Waals surface area contributed by atoms with Gasteiger partial charge in [-0.3, -0.25) is 4.79 Å². The second kappa shape index (κ2) is 3.08. The number of aryl methyl sites for hydroxylation is 2. The first kappa shape index (κ1) is 9.19. The van der Waals surface area contributed by atoms with Gasteiger partial charge in [0.2, 0.25) is 5.91 Å². The number of benzene rings is 1. The topological polar surface area (TPSA) is 20.3 Å². The fourth-order valence-corrected chi connectivity index (χ4v) is 1.76. The first-order chi connectivity index (χ1) is 6.59. The van der Waals surface area contributed by atoms with Crippen molar-refractivity contribution in [1.29, 1.82) is 0 Å². The molecule has 0 aliphatic carbocycles. The Morgan fingerprint density at radius 1 is 1.36 bits per heavy atom. The van der Waals surface area contributed by atoms with E-state index in [1.54, 1.807) is 24.9 Å². The zero-order chi connectivity index (χ0) is 10.3. The van der Waals surface area contributed by atoms with Gasteiger partial charge in [0.05, 0.1) is 0 Å². The van der Waals surface area contributed by atoms with Crippen molar-refractivity contribution in [2.75, 3.05) is 11.9 Å². The molecule has 1 amide bonds. The van der Waals surface area contributed by atoms with Crippen molar-refractivity contribution in [3.05, 3.63) is 29.1 Å². The summed E-state index contributed by atoms with van der Waals surface area (Å²) < 4.78 is 13.2. The molecule has 1 aromatic carbocycles. The van der Waals surface area contributed by atoms with Gasteiger partial charge in [-0.25, -0.2) is 4.39 Å². The number of amides is 1. The van der Waals surface area contributed by atoms with E-state index < -0.39 is 0 Å². The molecule has 0 radical (unpaired) electrons. The molecule has 74 valence electrons. The smallest absolute Gasteiger partial charge is 0.227 e. The number of carbonyl (C=O) groups excluding carboxylic acids is 1. The fourth-order valence-electron chi connectivity index (χ4n) is 1.76. The van der Waals surface area contributed by atoms with Gasteiger partial charge >= 0.3 is 0 Å². The van der Waals surface area contributed by atoms with E-state index in [0.29, 0.717) is 18.4 Å². The third-order valence-electron chi connectivity index (χ3n) is 2.70. The molecule has 2 nitrogen and oxygen atoms in total. The van der Waals surface area contributed by atoms with Crippen LogP contribution in [0.1, 0.15) is 17.5 Å². The number of carbonyl (C=O) groups is 1. The fraction of sp³-hybridized carbons (Fsp3) is 0.364. The Balaban J connectivity index is 2.55. The number of halogens is 1. The van der Waals surface area contributed by atoms with Crippen LogP contribution >= 0.6 is 0 Å². The highest BCUT2D eigenvalue weighted by atomic mass is 19.1. The Kier molecular flexibility index (Phi) is 2.02. The Labute approximate surface area is 82.3 Å². The zero-order valence-electron chi connectivity index (χ0n) is 8.30. The van der Waals surface area contributed by atoms with Crippen molar-refractivity contribution in [2.24, 2.45) is 0 Å². The van der Waals surface area contributed by atoms with Crippen molar-refractivity contribution in [1.82, 2.24) is 0 Å². The van der Waals surface area contributed by atoms with Crippen LogP contribution in [0.4, 0.5) is 10.1 Å². The molecule has 14 heavy (non-hydrogen) atoms. The van der Waals surface area contributed by atoms with E-state index in [1.165, 1.54) is 6.07 Å². The number of fused-ring (bicyclic) bond motifs is 1. The lowest BCUT2D eigenvalue weighted by molar-refractivity contribution is -0.118. The average Bonchev–Trinajstić information content (AvgIpc) is 2.15. The quantitative estimate of drug-likeness (QED) is 0.617. The SMILES string of the molecule is Cc1cc2c(cc1F)CCC(=O)N2C. The van der Waals surface area contributed by atoms with E-state index in [2.05, 4.69) is 0 Å². The van der Waals surface area contributed by atoms with E-state index >= 15 is 0 Å². The standard InChI is InChI=1S/C11H12FNO/c1-7-5-10-8(6-9(7)12)3-4-11(14)13(10)2/h5-6H,3-4H2,1-2H3. The number of anilines is 1. The highest BCUT2D eigenvalue weighted by molar-refractivity contribution is 5.95. The lowest BCUT2D eigenvalue weighted by Crippen LogP contribution is -2.31. The van der Waals surface area contributed by atoms with Gasteiger partial charge in [-0.15, -0.1) is 0 Å². The van der Waals surface area contributed by atoms with Gasteiger partial charge < -0.3 is 4.90 Å². The molecule has 1 aliphatic heterocycles. The molecule has 0 atom stereocenters. The first-order valence-corrected chi connectivity index (χ1v) is 4.65. The van der Waals surface area contributed by atoms with Crippen LogP contribution in [0.2, 0.25) is 0 Å². The van der Waals surface area contributed by atoms with Crippen molar-refractivity contribution >= 4 is 11.6 Å². The van der Waals surface area contributed by atoms with Gasteiger partial charge in [0.1, 0.15) is 5.82 Å². The summed E-state index contributed by atoms with van der Waals surface area (Å²) in [4.78, 5) is 13.0. The summed E-state index contributed by atoms with van der Waals surface area (Å²) >= 11 is 0. The van der Waals surface area contributed by atoms with Crippen LogP contribution in [0.15, 0.2) is 12.1 Å². The molecule has 0 saturated heterocycles. The van der Waals surface area contributed by atoms with Crippen molar-refractivity contribution in [3.8, 4) is 0 Å². The second-order valence-electron chi connectivity index (χ2n) is 3.68. The third-order valence-corrected chi connectivity index (χ3v) is 2.70. The lowest BCUT2D eigenvalue weighted by Gasteiger charge is -2.26. The minimum absolute atomic E-state index is 0.100. The first-order valence-electron chi connectivity index (χ1n) is 4.65. The summed E-state index contributed by atoms with van der Waals surface area (Å²) in [6.45, 7) is 1.71. The lowest BCUT2D eigenvalue weighted by atomic mass is 9.99. The van der Waals surface area contributed by atoms with Gasteiger partial charge in [0.15, 0.2) is 0 Å². The Bertz CT molecular complexity index is 401. The van der Waals surface area contributed by atoms with Gasteiger partial charge in [-0.1, -0.05) is 0 Å². The molecule has 0 unspecified atom stereocenters. The summed E-state index contributed by atoms with van der Waals surface area (Å²) in [6.07, 6.45) is 1.13. The molecule has 0 N–H and O–H groups in total. The summed E-state index contributed by atoms with van der Waals surface area (Å²) in [7, 11) is 1.73.